The fraction of sp³-hybridized carbons (Fsp3) is 0.933. The second kappa shape index (κ2) is 6.87. The van der Waals surface area contributed by atoms with E-state index in [0.29, 0.717) is 12.8 Å². The summed E-state index contributed by atoms with van der Waals surface area (Å²) in [7, 11) is 0. The van der Waals surface area contributed by atoms with Crippen LogP contribution in [0.5, 0.6) is 0 Å². The highest BCUT2D eigenvalue weighted by molar-refractivity contribution is 5.78. The van der Waals surface area contributed by atoms with E-state index in [1.54, 1.807) is 0 Å². The molecule has 0 saturated carbocycles. The third kappa shape index (κ3) is 4.72. The number of carboxylic acid groups (broad SMARTS) is 1. The normalized spacial score (nSPS) is 21.6. The number of rotatable bonds is 6. The Kier molecular flexibility index (Phi) is 5.98. The van der Waals surface area contributed by atoms with E-state index in [4.69, 9.17) is 10.8 Å². The molecule has 5 nitrogen and oxygen atoms in total. The fourth-order valence-corrected chi connectivity index (χ4v) is 2.70. The molecule has 0 aromatic carbocycles. The quantitative estimate of drug-likeness (QED) is 0.771. The van der Waals surface area contributed by atoms with Crippen LogP contribution >= 0.6 is 0 Å². The number of carbonyl (C=O) groups is 1. The second-order valence-electron chi connectivity index (χ2n) is 6.92. The summed E-state index contributed by atoms with van der Waals surface area (Å²) in [5, 5.41) is 9.15. The number of nitrogens with two attached hydrogens (primary N) is 1. The van der Waals surface area contributed by atoms with E-state index in [1.165, 1.54) is 0 Å². The van der Waals surface area contributed by atoms with Gasteiger partial charge in [0.2, 0.25) is 0 Å². The van der Waals surface area contributed by atoms with Crippen molar-refractivity contribution in [3.63, 3.8) is 0 Å². The van der Waals surface area contributed by atoms with Crippen molar-refractivity contribution in [1.29, 1.82) is 0 Å². The molecule has 0 amide bonds. The SMILES string of the molecule is CCC(N)(CCCN1CCN(C(C)(C)C)CC1)C(=O)O. The van der Waals surface area contributed by atoms with Crippen molar-refractivity contribution in [2.45, 2.75) is 58.0 Å². The lowest BCUT2D eigenvalue weighted by Gasteiger charge is -2.42. The van der Waals surface area contributed by atoms with Crippen molar-refractivity contribution in [1.82, 2.24) is 9.80 Å². The maximum Gasteiger partial charge on any atom is 0.323 e. The molecule has 0 radical (unpaired) electrons. The van der Waals surface area contributed by atoms with E-state index in [2.05, 4.69) is 30.6 Å². The van der Waals surface area contributed by atoms with E-state index in [-0.39, 0.29) is 5.54 Å². The van der Waals surface area contributed by atoms with Crippen LogP contribution in [0.15, 0.2) is 0 Å². The van der Waals surface area contributed by atoms with E-state index in [0.717, 1.165) is 39.1 Å². The molecule has 1 saturated heterocycles. The first-order valence-electron chi connectivity index (χ1n) is 7.69. The van der Waals surface area contributed by atoms with E-state index in [1.807, 2.05) is 6.92 Å². The van der Waals surface area contributed by atoms with Crippen molar-refractivity contribution in [2.75, 3.05) is 32.7 Å². The molecule has 0 aliphatic carbocycles. The first kappa shape index (κ1) is 17.4. The molecular formula is C15H31N3O2. The zero-order valence-corrected chi connectivity index (χ0v) is 13.5. The molecule has 1 aliphatic heterocycles. The zero-order chi connectivity index (χ0) is 15.4. The summed E-state index contributed by atoms with van der Waals surface area (Å²) in [5.74, 6) is -0.877. The minimum absolute atomic E-state index is 0.240. The minimum Gasteiger partial charge on any atom is -0.480 e. The largest absolute Gasteiger partial charge is 0.480 e. The van der Waals surface area contributed by atoms with Crippen LogP contribution in [0.1, 0.15) is 47.0 Å². The van der Waals surface area contributed by atoms with Crippen LogP contribution in [-0.4, -0.2) is 64.7 Å². The fourth-order valence-electron chi connectivity index (χ4n) is 2.70. The molecule has 1 rings (SSSR count). The Morgan fingerprint density at radius 1 is 1.20 bits per heavy atom. The third-order valence-electron chi connectivity index (χ3n) is 4.48. The molecule has 1 aliphatic rings. The first-order valence-corrected chi connectivity index (χ1v) is 7.69. The first-order chi connectivity index (χ1) is 9.19. The highest BCUT2D eigenvalue weighted by Crippen LogP contribution is 2.18. The predicted molar refractivity (Wildman–Crippen MR) is 81.8 cm³/mol. The lowest BCUT2D eigenvalue weighted by atomic mass is 9.91. The smallest absolute Gasteiger partial charge is 0.323 e. The van der Waals surface area contributed by atoms with Gasteiger partial charge in [-0.05, 0) is 46.6 Å². The third-order valence-corrected chi connectivity index (χ3v) is 4.48. The van der Waals surface area contributed by atoms with Crippen LogP contribution in [0.3, 0.4) is 0 Å². The van der Waals surface area contributed by atoms with E-state index in [9.17, 15) is 4.79 Å². The molecule has 0 bridgehead atoms. The molecule has 1 fully saturated rings. The van der Waals surface area contributed by atoms with Crippen molar-refractivity contribution < 1.29 is 9.90 Å². The molecule has 1 atom stereocenters. The standard InChI is InChI=1S/C15H31N3O2/c1-5-15(16,13(19)20)7-6-8-17-9-11-18(12-10-17)14(2,3)4/h5-12,16H2,1-4H3,(H,19,20). The predicted octanol–water partition coefficient (Wildman–Crippen LogP) is 1.37. The Labute approximate surface area is 123 Å². The number of nitrogens with zero attached hydrogens (tertiary/aromatic N) is 2. The summed E-state index contributed by atoms with van der Waals surface area (Å²) >= 11 is 0. The summed E-state index contributed by atoms with van der Waals surface area (Å²) in [6.45, 7) is 13.8. The molecule has 0 aromatic heterocycles. The molecular weight excluding hydrogens is 254 g/mol. The van der Waals surface area contributed by atoms with Gasteiger partial charge in [0, 0.05) is 31.7 Å². The van der Waals surface area contributed by atoms with Gasteiger partial charge < -0.3 is 15.7 Å². The average Bonchev–Trinajstić information content (AvgIpc) is 2.37. The Balaban J connectivity index is 2.30. The summed E-state index contributed by atoms with van der Waals surface area (Å²) in [5.41, 5.74) is 5.10. The van der Waals surface area contributed by atoms with Crippen molar-refractivity contribution in [3.8, 4) is 0 Å². The van der Waals surface area contributed by atoms with Crippen molar-refractivity contribution >= 4 is 5.97 Å². The monoisotopic (exact) mass is 285 g/mol. The number of aliphatic carboxylic acids is 1. The van der Waals surface area contributed by atoms with Gasteiger partial charge in [-0.2, -0.15) is 0 Å². The van der Waals surface area contributed by atoms with Gasteiger partial charge in [0.05, 0.1) is 0 Å². The zero-order valence-electron chi connectivity index (χ0n) is 13.5. The van der Waals surface area contributed by atoms with Crippen LogP contribution in [0, 0.1) is 0 Å². The lowest BCUT2D eigenvalue weighted by Crippen LogP contribution is -2.53. The minimum atomic E-state index is -1.05. The molecule has 3 N–H and O–H groups in total. The van der Waals surface area contributed by atoms with Gasteiger partial charge in [0.1, 0.15) is 5.54 Å². The molecule has 1 unspecified atom stereocenters. The van der Waals surface area contributed by atoms with Gasteiger partial charge >= 0.3 is 5.97 Å². The van der Waals surface area contributed by atoms with Crippen molar-refractivity contribution in [3.05, 3.63) is 0 Å². The maximum atomic E-state index is 11.1. The molecule has 118 valence electrons. The summed E-state index contributed by atoms with van der Waals surface area (Å²) in [6.07, 6.45) is 1.89. The van der Waals surface area contributed by atoms with Gasteiger partial charge in [0.15, 0.2) is 0 Å². The highest BCUT2D eigenvalue weighted by Gasteiger charge is 2.31. The van der Waals surface area contributed by atoms with E-state index >= 15 is 0 Å². The average molecular weight is 285 g/mol. The highest BCUT2D eigenvalue weighted by atomic mass is 16.4. The number of hydrogen-bond donors (Lipinski definition) is 2. The second-order valence-corrected chi connectivity index (χ2v) is 6.92. The van der Waals surface area contributed by atoms with Gasteiger partial charge in [-0.3, -0.25) is 9.69 Å². The number of carboxylic acids is 1. The Morgan fingerprint density at radius 2 is 1.75 bits per heavy atom. The van der Waals surface area contributed by atoms with E-state index < -0.39 is 11.5 Å². The van der Waals surface area contributed by atoms with Gasteiger partial charge in [0.25, 0.3) is 0 Å². The Bertz CT molecular complexity index is 320. The van der Waals surface area contributed by atoms with Crippen LogP contribution in [0.4, 0.5) is 0 Å². The summed E-state index contributed by atoms with van der Waals surface area (Å²) in [6, 6.07) is 0. The Hall–Kier alpha value is -0.650. The molecule has 0 spiro atoms. The van der Waals surface area contributed by atoms with Crippen LogP contribution in [0.25, 0.3) is 0 Å². The van der Waals surface area contributed by atoms with Crippen molar-refractivity contribution in [2.24, 2.45) is 5.73 Å². The lowest BCUT2D eigenvalue weighted by molar-refractivity contribution is -0.143. The van der Waals surface area contributed by atoms with Gasteiger partial charge in [-0.25, -0.2) is 0 Å². The number of piperazine rings is 1. The molecule has 0 aromatic rings. The molecule has 5 heteroatoms. The summed E-state index contributed by atoms with van der Waals surface area (Å²) < 4.78 is 0. The van der Waals surface area contributed by atoms with Crippen LogP contribution in [-0.2, 0) is 4.79 Å². The Morgan fingerprint density at radius 3 is 2.15 bits per heavy atom. The summed E-state index contributed by atoms with van der Waals surface area (Å²) in [4.78, 5) is 16.1. The molecule has 1 heterocycles. The number of hydrogen-bond acceptors (Lipinski definition) is 4. The topological polar surface area (TPSA) is 69.8 Å². The van der Waals surface area contributed by atoms with Gasteiger partial charge in [-0.15, -0.1) is 0 Å². The molecule has 20 heavy (non-hydrogen) atoms. The van der Waals surface area contributed by atoms with Crippen LogP contribution < -0.4 is 5.73 Å². The maximum absolute atomic E-state index is 11.1. The van der Waals surface area contributed by atoms with Crippen LogP contribution in [0.2, 0.25) is 0 Å². The van der Waals surface area contributed by atoms with Gasteiger partial charge in [-0.1, -0.05) is 6.92 Å².